The van der Waals surface area contributed by atoms with Crippen molar-refractivity contribution in [2.75, 3.05) is 20.2 Å². The predicted octanol–water partition coefficient (Wildman–Crippen LogP) is 4.42. The normalized spacial score (nSPS) is 22.1. The molecular formula is C17H26BrNO. The van der Waals surface area contributed by atoms with Gasteiger partial charge in [-0.1, -0.05) is 19.4 Å². The fourth-order valence-corrected chi connectivity index (χ4v) is 3.84. The molecule has 20 heavy (non-hydrogen) atoms. The van der Waals surface area contributed by atoms with Crippen molar-refractivity contribution in [1.29, 1.82) is 0 Å². The largest absolute Gasteiger partial charge is 0.496 e. The average Bonchev–Trinajstić information content (AvgIpc) is 2.87. The standard InChI is InChI=1S/C17H26BrNO/c1-3-9-19-12-15-6-4-5-14(15)10-13-7-8-17(20-2)16(18)11-13/h7-8,11,14-15,19H,3-6,9-10,12H2,1-2H3. The Kier molecular flexibility index (Phi) is 6.37. The molecule has 2 rings (SSSR count). The summed E-state index contributed by atoms with van der Waals surface area (Å²) in [6.45, 7) is 4.57. The highest BCUT2D eigenvalue weighted by atomic mass is 79.9. The van der Waals surface area contributed by atoms with Crippen LogP contribution in [0.15, 0.2) is 22.7 Å². The molecule has 1 saturated carbocycles. The number of hydrogen-bond acceptors (Lipinski definition) is 2. The van der Waals surface area contributed by atoms with E-state index in [2.05, 4.69) is 46.4 Å². The van der Waals surface area contributed by atoms with Gasteiger partial charge in [-0.05, 0) is 84.2 Å². The molecule has 0 amide bonds. The van der Waals surface area contributed by atoms with Gasteiger partial charge in [-0.2, -0.15) is 0 Å². The molecule has 0 heterocycles. The van der Waals surface area contributed by atoms with Gasteiger partial charge >= 0.3 is 0 Å². The van der Waals surface area contributed by atoms with E-state index in [0.29, 0.717) is 0 Å². The molecule has 1 aliphatic rings. The average molecular weight is 340 g/mol. The number of rotatable bonds is 7. The van der Waals surface area contributed by atoms with Crippen LogP contribution in [-0.4, -0.2) is 20.2 Å². The third-order valence-electron chi connectivity index (χ3n) is 4.36. The predicted molar refractivity (Wildman–Crippen MR) is 88.4 cm³/mol. The Labute approximate surface area is 131 Å². The lowest BCUT2D eigenvalue weighted by Crippen LogP contribution is -2.26. The Hall–Kier alpha value is -0.540. The van der Waals surface area contributed by atoms with Gasteiger partial charge < -0.3 is 10.1 Å². The van der Waals surface area contributed by atoms with E-state index in [1.54, 1.807) is 7.11 Å². The second-order valence-corrected chi connectivity index (χ2v) is 6.68. The van der Waals surface area contributed by atoms with Crippen molar-refractivity contribution in [3.8, 4) is 5.75 Å². The SMILES string of the molecule is CCCNCC1CCCC1Cc1ccc(OC)c(Br)c1. The molecule has 1 aromatic rings. The Bertz CT molecular complexity index is 421. The monoisotopic (exact) mass is 339 g/mol. The molecule has 0 radical (unpaired) electrons. The van der Waals surface area contributed by atoms with Crippen LogP contribution in [0.5, 0.6) is 5.75 Å². The van der Waals surface area contributed by atoms with Crippen LogP contribution in [0, 0.1) is 11.8 Å². The van der Waals surface area contributed by atoms with Gasteiger partial charge in [0.1, 0.15) is 5.75 Å². The van der Waals surface area contributed by atoms with Crippen LogP contribution in [0.25, 0.3) is 0 Å². The van der Waals surface area contributed by atoms with E-state index in [1.165, 1.54) is 44.2 Å². The molecular weight excluding hydrogens is 314 g/mol. The molecule has 2 unspecified atom stereocenters. The molecule has 0 aromatic heterocycles. The van der Waals surface area contributed by atoms with E-state index < -0.39 is 0 Å². The second-order valence-electron chi connectivity index (χ2n) is 5.83. The molecule has 0 saturated heterocycles. The number of halogens is 1. The lowest BCUT2D eigenvalue weighted by molar-refractivity contribution is 0.365. The van der Waals surface area contributed by atoms with Gasteiger partial charge in [-0.3, -0.25) is 0 Å². The van der Waals surface area contributed by atoms with Crippen molar-refractivity contribution >= 4 is 15.9 Å². The molecule has 3 heteroatoms. The molecule has 1 N–H and O–H groups in total. The lowest BCUT2D eigenvalue weighted by atomic mass is 9.89. The van der Waals surface area contributed by atoms with Gasteiger partial charge in [0, 0.05) is 0 Å². The molecule has 0 spiro atoms. The van der Waals surface area contributed by atoms with E-state index in [1.807, 2.05) is 0 Å². The number of hydrogen-bond donors (Lipinski definition) is 1. The molecule has 2 atom stereocenters. The zero-order chi connectivity index (χ0) is 14.4. The number of methoxy groups -OCH3 is 1. The van der Waals surface area contributed by atoms with Crippen molar-refractivity contribution in [3.05, 3.63) is 28.2 Å². The van der Waals surface area contributed by atoms with Gasteiger partial charge in [0.25, 0.3) is 0 Å². The van der Waals surface area contributed by atoms with E-state index in [-0.39, 0.29) is 0 Å². The first-order chi connectivity index (χ1) is 9.74. The maximum atomic E-state index is 5.30. The Morgan fingerprint density at radius 3 is 2.80 bits per heavy atom. The van der Waals surface area contributed by atoms with Gasteiger partial charge in [0.15, 0.2) is 0 Å². The Balaban J connectivity index is 1.92. The van der Waals surface area contributed by atoms with Crippen molar-refractivity contribution in [2.45, 2.75) is 39.0 Å². The highest BCUT2D eigenvalue weighted by Crippen LogP contribution is 2.35. The van der Waals surface area contributed by atoms with Crippen LogP contribution in [0.4, 0.5) is 0 Å². The molecule has 0 aliphatic heterocycles. The van der Waals surface area contributed by atoms with Gasteiger partial charge in [-0.25, -0.2) is 0 Å². The zero-order valence-electron chi connectivity index (χ0n) is 12.6. The van der Waals surface area contributed by atoms with Crippen molar-refractivity contribution in [2.24, 2.45) is 11.8 Å². The smallest absolute Gasteiger partial charge is 0.133 e. The van der Waals surface area contributed by atoms with Crippen molar-refractivity contribution < 1.29 is 4.74 Å². The number of nitrogens with one attached hydrogen (secondary N) is 1. The summed E-state index contributed by atoms with van der Waals surface area (Å²) in [5, 5.41) is 3.59. The zero-order valence-corrected chi connectivity index (χ0v) is 14.2. The fourth-order valence-electron chi connectivity index (χ4n) is 3.25. The summed E-state index contributed by atoms with van der Waals surface area (Å²) in [5.74, 6) is 2.60. The maximum Gasteiger partial charge on any atom is 0.133 e. The minimum atomic E-state index is 0.833. The topological polar surface area (TPSA) is 21.3 Å². The molecule has 1 aliphatic carbocycles. The Morgan fingerprint density at radius 1 is 1.30 bits per heavy atom. The van der Waals surface area contributed by atoms with Crippen molar-refractivity contribution in [3.63, 3.8) is 0 Å². The minimum Gasteiger partial charge on any atom is -0.496 e. The third-order valence-corrected chi connectivity index (χ3v) is 4.98. The van der Waals surface area contributed by atoms with Gasteiger partial charge in [-0.15, -0.1) is 0 Å². The third kappa shape index (κ3) is 4.23. The van der Waals surface area contributed by atoms with E-state index in [4.69, 9.17) is 4.74 Å². The highest BCUT2D eigenvalue weighted by Gasteiger charge is 2.26. The van der Waals surface area contributed by atoms with E-state index >= 15 is 0 Å². The summed E-state index contributed by atoms with van der Waals surface area (Å²) in [4.78, 5) is 0. The summed E-state index contributed by atoms with van der Waals surface area (Å²) < 4.78 is 6.37. The summed E-state index contributed by atoms with van der Waals surface area (Å²) in [7, 11) is 1.71. The lowest BCUT2D eigenvalue weighted by Gasteiger charge is -2.20. The summed E-state index contributed by atoms with van der Waals surface area (Å²) in [6, 6.07) is 6.49. The second kappa shape index (κ2) is 8.04. The van der Waals surface area contributed by atoms with E-state index in [9.17, 15) is 0 Å². The first-order valence-corrected chi connectivity index (χ1v) is 8.57. The molecule has 1 fully saturated rings. The summed E-state index contributed by atoms with van der Waals surface area (Å²) in [6.07, 6.45) is 6.57. The van der Waals surface area contributed by atoms with Gasteiger partial charge in [0.05, 0.1) is 11.6 Å². The quantitative estimate of drug-likeness (QED) is 0.742. The van der Waals surface area contributed by atoms with Crippen LogP contribution in [0.1, 0.15) is 38.2 Å². The first kappa shape index (κ1) is 15.8. The highest BCUT2D eigenvalue weighted by molar-refractivity contribution is 9.10. The number of ether oxygens (including phenoxy) is 1. The first-order valence-electron chi connectivity index (χ1n) is 7.77. The van der Waals surface area contributed by atoms with Crippen LogP contribution in [0.2, 0.25) is 0 Å². The minimum absolute atomic E-state index is 0.833. The number of benzene rings is 1. The van der Waals surface area contributed by atoms with Crippen LogP contribution < -0.4 is 10.1 Å². The fraction of sp³-hybridized carbons (Fsp3) is 0.647. The molecule has 112 valence electrons. The maximum absolute atomic E-state index is 5.30. The Morgan fingerprint density at radius 2 is 2.10 bits per heavy atom. The summed E-state index contributed by atoms with van der Waals surface area (Å²) in [5.41, 5.74) is 1.42. The van der Waals surface area contributed by atoms with Crippen LogP contribution in [0.3, 0.4) is 0 Å². The van der Waals surface area contributed by atoms with Crippen LogP contribution in [-0.2, 0) is 6.42 Å². The summed E-state index contributed by atoms with van der Waals surface area (Å²) >= 11 is 3.59. The molecule has 0 bridgehead atoms. The van der Waals surface area contributed by atoms with E-state index in [0.717, 1.165) is 28.6 Å². The molecule has 1 aromatic carbocycles. The van der Waals surface area contributed by atoms with Crippen molar-refractivity contribution in [1.82, 2.24) is 5.32 Å². The van der Waals surface area contributed by atoms with Gasteiger partial charge in [0.2, 0.25) is 0 Å². The molecule has 2 nitrogen and oxygen atoms in total. The van der Waals surface area contributed by atoms with Crippen LogP contribution >= 0.6 is 15.9 Å².